The highest BCUT2D eigenvalue weighted by atomic mass is 16.5. The van der Waals surface area contributed by atoms with Crippen molar-refractivity contribution in [3.63, 3.8) is 0 Å². The van der Waals surface area contributed by atoms with Crippen LogP contribution in [0.25, 0.3) is 0 Å². The SMILES string of the molecule is CC(C)NCc1noc(C2CC3CC3C2)n1. The predicted molar refractivity (Wildman–Crippen MR) is 59.8 cm³/mol. The summed E-state index contributed by atoms with van der Waals surface area (Å²) in [6.45, 7) is 4.94. The molecule has 2 aliphatic carbocycles. The second kappa shape index (κ2) is 3.84. The lowest BCUT2D eigenvalue weighted by Gasteiger charge is -2.04. The predicted octanol–water partition coefficient (Wildman–Crippen LogP) is 2.08. The van der Waals surface area contributed by atoms with Gasteiger partial charge in [-0.05, 0) is 31.1 Å². The second-order valence-electron chi connectivity index (χ2n) is 5.51. The van der Waals surface area contributed by atoms with Gasteiger partial charge in [-0.2, -0.15) is 4.98 Å². The summed E-state index contributed by atoms with van der Waals surface area (Å²) in [6.07, 6.45) is 3.97. The minimum atomic E-state index is 0.459. The van der Waals surface area contributed by atoms with Crippen molar-refractivity contribution in [1.29, 1.82) is 0 Å². The Hall–Kier alpha value is -0.900. The van der Waals surface area contributed by atoms with Crippen LogP contribution in [0.4, 0.5) is 0 Å². The molecule has 88 valence electrons. The molecular formula is C12H19N3O. The first-order valence-electron chi connectivity index (χ1n) is 6.28. The fourth-order valence-electron chi connectivity index (χ4n) is 2.72. The van der Waals surface area contributed by atoms with Crippen molar-refractivity contribution in [3.8, 4) is 0 Å². The first-order chi connectivity index (χ1) is 7.72. The van der Waals surface area contributed by atoms with Crippen LogP contribution in [0.5, 0.6) is 0 Å². The highest BCUT2D eigenvalue weighted by Crippen LogP contribution is 2.57. The molecule has 1 N–H and O–H groups in total. The third kappa shape index (κ3) is 1.98. The van der Waals surface area contributed by atoms with Crippen LogP contribution < -0.4 is 5.32 Å². The molecule has 0 aromatic carbocycles. The van der Waals surface area contributed by atoms with Crippen molar-refractivity contribution >= 4 is 0 Å². The van der Waals surface area contributed by atoms with Gasteiger partial charge < -0.3 is 9.84 Å². The van der Waals surface area contributed by atoms with Gasteiger partial charge in [0, 0.05) is 12.0 Å². The van der Waals surface area contributed by atoms with Gasteiger partial charge in [0.15, 0.2) is 5.82 Å². The van der Waals surface area contributed by atoms with E-state index < -0.39 is 0 Å². The van der Waals surface area contributed by atoms with E-state index in [1.54, 1.807) is 0 Å². The molecule has 0 aliphatic heterocycles. The Bertz CT molecular complexity index is 364. The maximum absolute atomic E-state index is 5.35. The quantitative estimate of drug-likeness (QED) is 0.845. The van der Waals surface area contributed by atoms with Crippen LogP contribution in [0, 0.1) is 11.8 Å². The molecule has 1 heterocycles. The van der Waals surface area contributed by atoms with Crippen LogP contribution in [0.3, 0.4) is 0 Å². The number of rotatable bonds is 4. The Morgan fingerprint density at radius 1 is 1.31 bits per heavy atom. The van der Waals surface area contributed by atoms with Gasteiger partial charge in [0.05, 0.1) is 6.54 Å². The van der Waals surface area contributed by atoms with Crippen molar-refractivity contribution in [2.75, 3.05) is 0 Å². The van der Waals surface area contributed by atoms with E-state index in [-0.39, 0.29) is 0 Å². The van der Waals surface area contributed by atoms with Crippen LogP contribution in [0.2, 0.25) is 0 Å². The lowest BCUT2D eigenvalue weighted by atomic mass is 10.0. The average molecular weight is 221 g/mol. The molecule has 0 bridgehead atoms. The Morgan fingerprint density at radius 3 is 2.75 bits per heavy atom. The van der Waals surface area contributed by atoms with Crippen molar-refractivity contribution in [3.05, 3.63) is 11.7 Å². The van der Waals surface area contributed by atoms with Gasteiger partial charge in [-0.3, -0.25) is 0 Å². The molecule has 0 radical (unpaired) electrons. The van der Waals surface area contributed by atoms with E-state index in [2.05, 4.69) is 29.3 Å². The first kappa shape index (κ1) is 10.3. The minimum absolute atomic E-state index is 0.459. The van der Waals surface area contributed by atoms with Gasteiger partial charge in [-0.15, -0.1) is 0 Å². The number of nitrogens with one attached hydrogen (secondary N) is 1. The maximum atomic E-state index is 5.35. The van der Waals surface area contributed by atoms with Gasteiger partial charge in [-0.1, -0.05) is 19.0 Å². The number of nitrogens with zero attached hydrogens (tertiary/aromatic N) is 2. The fraction of sp³-hybridized carbons (Fsp3) is 0.833. The molecule has 2 unspecified atom stereocenters. The Balaban J connectivity index is 1.59. The molecule has 1 aromatic rings. The van der Waals surface area contributed by atoms with E-state index >= 15 is 0 Å². The molecule has 2 fully saturated rings. The molecule has 2 saturated carbocycles. The zero-order chi connectivity index (χ0) is 11.1. The molecule has 4 heteroatoms. The highest BCUT2D eigenvalue weighted by Gasteiger charge is 2.47. The summed E-state index contributed by atoms with van der Waals surface area (Å²) < 4.78 is 5.35. The summed E-state index contributed by atoms with van der Waals surface area (Å²) in [5, 5.41) is 7.32. The summed E-state index contributed by atoms with van der Waals surface area (Å²) in [5.74, 6) is 4.14. The number of fused-ring (bicyclic) bond motifs is 1. The maximum Gasteiger partial charge on any atom is 0.229 e. The molecule has 4 nitrogen and oxygen atoms in total. The smallest absolute Gasteiger partial charge is 0.229 e. The molecule has 2 aliphatic rings. The molecule has 0 spiro atoms. The molecule has 3 rings (SSSR count). The lowest BCUT2D eigenvalue weighted by Crippen LogP contribution is -2.22. The van der Waals surface area contributed by atoms with E-state index in [4.69, 9.17) is 4.52 Å². The third-order valence-electron chi connectivity index (χ3n) is 3.75. The lowest BCUT2D eigenvalue weighted by molar-refractivity contribution is 0.341. The summed E-state index contributed by atoms with van der Waals surface area (Å²) in [7, 11) is 0. The van der Waals surface area contributed by atoms with Crippen molar-refractivity contribution in [2.24, 2.45) is 11.8 Å². The van der Waals surface area contributed by atoms with Crippen LogP contribution in [-0.2, 0) is 6.54 Å². The fourth-order valence-corrected chi connectivity index (χ4v) is 2.72. The van der Waals surface area contributed by atoms with Gasteiger partial charge in [-0.25, -0.2) is 0 Å². The second-order valence-corrected chi connectivity index (χ2v) is 5.51. The third-order valence-corrected chi connectivity index (χ3v) is 3.75. The molecular weight excluding hydrogens is 202 g/mol. The van der Waals surface area contributed by atoms with E-state index in [1.165, 1.54) is 19.3 Å². The van der Waals surface area contributed by atoms with E-state index in [0.29, 0.717) is 18.5 Å². The first-order valence-corrected chi connectivity index (χ1v) is 6.28. The zero-order valence-corrected chi connectivity index (χ0v) is 9.94. The molecule has 0 saturated heterocycles. The van der Waals surface area contributed by atoms with Crippen LogP contribution >= 0.6 is 0 Å². The van der Waals surface area contributed by atoms with Gasteiger partial charge in [0.2, 0.25) is 5.89 Å². The number of aromatic nitrogens is 2. The largest absolute Gasteiger partial charge is 0.339 e. The Morgan fingerprint density at radius 2 is 2.06 bits per heavy atom. The van der Waals surface area contributed by atoms with E-state index in [0.717, 1.165) is 23.6 Å². The van der Waals surface area contributed by atoms with E-state index in [9.17, 15) is 0 Å². The van der Waals surface area contributed by atoms with Crippen LogP contribution in [0.1, 0.15) is 50.7 Å². The summed E-state index contributed by atoms with van der Waals surface area (Å²) in [5.41, 5.74) is 0. The topological polar surface area (TPSA) is 51.0 Å². The molecule has 0 amide bonds. The molecule has 2 atom stereocenters. The monoisotopic (exact) mass is 221 g/mol. The minimum Gasteiger partial charge on any atom is -0.339 e. The van der Waals surface area contributed by atoms with Crippen molar-refractivity contribution in [1.82, 2.24) is 15.5 Å². The standard InChI is InChI=1S/C12H19N3O/c1-7(2)13-6-11-14-12(16-15-11)10-4-8-3-9(8)5-10/h7-10,13H,3-6H2,1-2H3. The summed E-state index contributed by atoms with van der Waals surface area (Å²) >= 11 is 0. The number of hydrogen-bond acceptors (Lipinski definition) is 4. The van der Waals surface area contributed by atoms with Gasteiger partial charge in [0.1, 0.15) is 0 Å². The molecule has 16 heavy (non-hydrogen) atoms. The van der Waals surface area contributed by atoms with Crippen molar-refractivity contribution < 1.29 is 4.52 Å². The van der Waals surface area contributed by atoms with Gasteiger partial charge in [0.25, 0.3) is 0 Å². The summed E-state index contributed by atoms with van der Waals surface area (Å²) in [4.78, 5) is 4.48. The van der Waals surface area contributed by atoms with Crippen LogP contribution in [0.15, 0.2) is 4.52 Å². The molecule has 1 aromatic heterocycles. The number of hydrogen-bond donors (Lipinski definition) is 1. The highest BCUT2D eigenvalue weighted by molar-refractivity contribution is 5.06. The van der Waals surface area contributed by atoms with Crippen molar-refractivity contribution in [2.45, 2.75) is 51.6 Å². The Labute approximate surface area is 95.8 Å². The van der Waals surface area contributed by atoms with Gasteiger partial charge >= 0.3 is 0 Å². The zero-order valence-electron chi connectivity index (χ0n) is 9.94. The van der Waals surface area contributed by atoms with E-state index in [1.807, 2.05) is 0 Å². The summed E-state index contributed by atoms with van der Waals surface area (Å²) in [6, 6.07) is 0.459. The van der Waals surface area contributed by atoms with Crippen LogP contribution in [-0.4, -0.2) is 16.2 Å². The Kier molecular flexibility index (Phi) is 2.46. The normalized spacial score (nSPS) is 32.1. The average Bonchev–Trinajstić information content (AvgIpc) is 2.71.